The van der Waals surface area contributed by atoms with Gasteiger partial charge in [0.15, 0.2) is 0 Å². The van der Waals surface area contributed by atoms with Crippen LogP contribution in [0.3, 0.4) is 0 Å². The van der Waals surface area contributed by atoms with Gasteiger partial charge in [-0.1, -0.05) is 42.5 Å². The lowest BCUT2D eigenvalue weighted by Gasteiger charge is -2.06. The van der Waals surface area contributed by atoms with Crippen molar-refractivity contribution in [3.8, 4) is 5.75 Å². The second kappa shape index (κ2) is 6.84. The number of nitrogens with one attached hydrogen (secondary N) is 1. The highest BCUT2D eigenvalue weighted by molar-refractivity contribution is 6.03. The van der Waals surface area contributed by atoms with Crippen LogP contribution in [-0.4, -0.2) is 28.3 Å². The quantitative estimate of drug-likeness (QED) is 0.504. The van der Waals surface area contributed by atoms with Crippen molar-refractivity contribution in [2.45, 2.75) is 0 Å². The SMILES string of the molecule is O=C(O)c1ccc(C=NNC(=O)c2ccc3ccccc3c2O)cc1. The minimum absolute atomic E-state index is 0.100. The van der Waals surface area contributed by atoms with E-state index in [1.807, 2.05) is 12.1 Å². The summed E-state index contributed by atoms with van der Waals surface area (Å²) in [7, 11) is 0. The molecule has 0 bridgehead atoms. The Kier molecular flexibility index (Phi) is 4.43. The Morgan fingerprint density at radius 2 is 1.68 bits per heavy atom. The maximum atomic E-state index is 12.2. The highest BCUT2D eigenvalue weighted by Crippen LogP contribution is 2.28. The normalized spacial score (nSPS) is 10.9. The predicted octanol–water partition coefficient (Wildman–Crippen LogP) is 3.01. The first kappa shape index (κ1) is 16.2. The van der Waals surface area contributed by atoms with Crippen LogP contribution in [0.1, 0.15) is 26.3 Å². The largest absolute Gasteiger partial charge is 0.506 e. The molecule has 25 heavy (non-hydrogen) atoms. The number of phenolic OH excluding ortho intramolecular Hbond substituents is 1. The van der Waals surface area contributed by atoms with Crippen LogP contribution in [0.25, 0.3) is 10.8 Å². The smallest absolute Gasteiger partial charge is 0.335 e. The van der Waals surface area contributed by atoms with Gasteiger partial charge in [0.25, 0.3) is 5.91 Å². The molecular weight excluding hydrogens is 320 g/mol. The van der Waals surface area contributed by atoms with Crippen molar-refractivity contribution in [3.63, 3.8) is 0 Å². The third-order valence-corrected chi connectivity index (χ3v) is 3.68. The molecule has 0 saturated carbocycles. The molecule has 0 aromatic heterocycles. The van der Waals surface area contributed by atoms with Crippen LogP contribution in [0.5, 0.6) is 5.75 Å². The number of carbonyl (C=O) groups excluding carboxylic acids is 1. The molecule has 1 amide bonds. The van der Waals surface area contributed by atoms with Crippen molar-refractivity contribution in [2.75, 3.05) is 0 Å². The summed E-state index contributed by atoms with van der Waals surface area (Å²) < 4.78 is 0. The third-order valence-electron chi connectivity index (χ3n) is 3.68. The predicted molar refractivity (Wildman–Crippen MR) is 94.1 cm³/mol. The van der Waals surface area contributed by atoms with E-state index >= 15 is 0 Å². The van der Waals surface area contributed by atoms with Crippen LogP contribution in [-0.2, 0) is 0 Å². The van der Waals surface area contributed by atoms with Crippen LogP contribution in [0.15, 0.2) is 65.8 Å². The molecule has 0 aliphatic carbocycles. The monoisotopic (exact) mass is 334 g/mol. The molecule has 0 fully saturated rings. The summed E-state index contributed by atoms with van der Waals surface area (Å²) in [5.74, 6) is -1.65. The molecule has 0 spiro atoms. The number of carboxylic acid groups (broad SMARTS) is 1. The number of benzene rings is 3. The molecule has 6 heteroatoms. The minimum Gasteiger partial charge on any atom is -0.506 e. The maximum absolute atomic E-state index is 12.2. The van der Waals surface area contributed by atoms with Gasteiger partial charge < -0.3 is 10.2 Å². The number of carbonyl (C=O) groups is 2. The van der Waals surface area contributed by atoms with E-state index in [1.165, 1.54) is 24.4 Å². The van der Waals surface area contributed by atoms with Crippen molar-refractivity contribution < 1.29 is 19.8 Å². The number of carboxylic acids is 1. The number of nitrogens with zero attached hydrogens (tertiary/aromatic N) is 1. The van der Waals surface area contributed by atoms with Gasteiger partial charge in [-0.15, -0.1) is 0 Å². The van der Waals surface area contributed by atoms with Crippen LogP contribution < -0.4 is 5.43 Å². The fraction of sp³-hybridized carbons (Fsp3) is 0. The van der Waals surface area contributed by atoms with Crippen molar-refractivity contribution >= 4 is 28.9 Å². The summed E-state index contributed by atoms with van der Waals surface area (Å²) in [6.45, 7) is 0. The van der Waals surface area contributed by atoms with Gasteiger partial charge in [-0.2, -0.15) is 5.10 Å². The first-order chi connectivity index (χ1) is 12.1. The standard InChI is InChI=1S/C19H14N2O4/c22-17-15-4-2-1-3-13(15)9-10-16(17)18(23)21-20-11-12-5-7-14(8-6-12)19(24)25/h1-11,22H,(H,21,23)(H,24,25). The Bertz CT molecular complexity index is 978. The molecule has 0 unspecified atom stereocenters. The Morgan fingerprint density at radius 3 is 2.40 bits per heavy atom. The first-order valence-corrected chi connectivity index (χ1v) is 7.44. The molecule has 3 aromatic rings. The number of phenols is 1. The minimum atomic E-state index is -1.01. The number of hydrogen-bond donors (Lipinski definition) is 3. The number of rotatable bonds is 4. The van der Waals surface area contributed by atoms with E-state index in [0.717, 1.165) is 5.39 Å². The Labute approximate surface area is 143 Å². The molecule has 0 aliphatic heterocycles. The fourth-order valence-corrected chi connectivity index (χ4v) is 2.38. The molecule has 3 aromatic carbocycles. The number of aromatic hydroxyl groups is 1. The lowest BCUT2D eigenvalue weighted by molar-refractivity contribution is 0.0696. The third kappa shape index (κ3) is 3.48. The maximum Gasteiger partial charge on any atom is 0.335 e. The van der Waals surface area contributed by atoms with Crippen molar-refractivity contribution in [3.05, 3.63) is 77.4 Å². The van der Waals surface area contributed by atoms with Crippen molar-refractivity contribution in [2.24, 2.45) is 5.10 Å². The van der Waals surface area contributed by atoms with Gasteiger partial charge >= 0.3 is 5.97 Å². The van der Waals surface area contributed by atoms with Gasteiger partial charge in [0.05, 0.1) is 17.3 Å². The highest BCUT2D eigenvalue weighted by atomic mass is 16.4. The molecule has 124 valence electrons. The molecule has 3 N–H and O–H groups in total. The zero-order valence-electron chi connectivity index (χ0n) is 13.0. The van der Waals surface area contributed by atoms with Gasteiger partial charge in [-0.25, -0.2) is 10.2 Å². The molecule has 0 radical (unpaired) electrons. The number of hydrazone groups is 1. The zero-order chi connectivity index (χ0) is 17.8. The summed E-state index contributed by atoms with van der Waals surface area (Å²) in [6.07, 6.45) is 1.39. The highest BCUT2D eigenvalue weighted by Gasteiger charge is 2.12. The van der Waals surface area contributed by atoms with Gasteiger partial charge in [-0.3, -0.25) is 4.79 Å². The molecule has 0 heterocycles. The first-order valence-electron chi connectivity index (χ1n) is 7.44. The Balaban J connectivity index is 1.74. The second-order valence-electron chi connectivity index (χ2n) is 5.31. The summed E-state index contributed by atoms with van der Waals surface area (Å²) in [5, 5.41) is 24.3. The number of aromatic carboxylic acids is 1. The molecule has 3 rings (SSSR count). The van der Waals surface area contributed by atoms with Gasteiger partial charge in [-0.05, 0) is 29.1 Å². The molecule has 0 aliphatic rings. The topological polar surface area (TPSA) is 99.0 Å². The van der Waals surface area contributed by atoms with Crippen LogP contribution >= 0.6 is 0 Å². The van der Waals surface area contributed by atoms with E-state index in [0.29, 0.717) is 10.9 Å². The zero-order valence-corrected chi connectivity index (χ0v) is 13.0. The second-order valence-corrected chi connectivity index (χ2v) is 5.31. The molecular formula is C19H14N2O4. The molecule has 0 saturated heterocycles. The molecule has 0 atom stereocenters. The lowest BCUT2D eigenvalue weighted by Crippen LogP contribution is -2.17. The number of fused-ring (bicyclic) bond motifs is 1. The van der Waals surface area contributed by atoms with E-state index in [1.54, 1.807) is 30.3 Å². The van der Waals surface area contributed by atoms with E-state index in [9.17, 15) is 14.7 Å². The van der Waals surface area contributed by atoms with E-state index in [4.69, 9.17) is 5.11 Å². The van der Waals surface area contributed by atoms with Crippen molar-refractivity contribution in [1.82, 2.24) is 5.43 Å². The average molecular weight is 334 g/mol. The van der Waals surface area contributed by atoms with Gasteiger partial charge in [0, 0.05) is 5.39 Å². The number of hydrogen-bond acceptors (Lipinski definition) is 4. The molecule has 6 nitrogen and oxygen atoms in total. The van der Waals surface area contributed by atoms with E-state index in [-0.39, 0.29) is 16.9 Å². The Hall–Kier alpha value is -3.67. The average Bonchev–Trinajstić information content (AvgIpc) is 2.62. The van der Waals surface area contributed by atoms with Gasteiger partial charge in [0.1, 0.15) is 5.75 Å². The Morgan fingerprint density at radius 1 is 0.960 bits per heavy atom. The fourth-order valence-electron chi connectivity index (χ4n) is 2.38. The lowest BCUT2D eigenvalue weighted by atomic mass is 10.1. The van der Waals surface area contributed by atoms with E-state index in [2.05, 4.69) is 10.5 Å². The van der Waals surface area contributed by atoms with Gasteiger partial charge in [0.2, 0.25) is 0 Å². The van der Waals surface area contributed by atoms with Crippen LogP contribution in [0.2, 0.25) is 0 Å². The van der Waals surface area contributed by atoms with Crippen molar-refractivity contribution in [1.29, 1.82) is 0 Å². The summed E-state index contributed by atoms with van der Waals surface area (Å²) in [5.41, 5.74) is 3.27. The summed E-state index contributed by atoms with van der Waals surface area (Å²) in [4.78, 5) is 23.0. The van der Waals surface area contributed by atoms with Crippen LogP contribution in [0.4, 0.5) is 0 Å². The summed E-state index contributed by atoms with van der Waals surface area (Å²) in [6, 6.07) is 16.5. The van der Waals surface area contributed by atoms with E-state index < -0.39 is 11.9 Å². The number of amides is 1. The van der Waals surface area contributed by atoms with Crippen LogP contribution in [0, 0.1) is 0 Å². The summed E-state index contributed by atoms with van der Waals surface area (Å²) >= 11 is 0.